The quantitative estimate of drug-likeness (QED) is 0.433. The summed E-state index contributed by atoms with van der Waals surface area (Å²) in [6.45, 7) is 7.50. The molecule has 2 aromatic carbocycles. The van der Waals surface area contributed by atoms with E-state index in [0.29, 0.717) is 18.9 Å². The van der Waals surface area contributed by atoms with E-state index in [1.807, 2.05) is 44.2 Å². The maximum atomic E-state index is 12.0. The maximum absolute atomic E-state index is 12.0. The molecule has 30 heavy (non-hydrogen) atoms. The number of anilines is 1. The number of hydrogen-bond acceptors (Lipinski definition) is 3. The molecule has 0 spiro atoms. The van der Waals surface area contributed by atoms with E-state index in [1.165, 1.54) is 11.1 Å². The maximum Gasteiger partial charge on any atom is 0.224 e. The van der Waals surface area contributed by atoms with Crippen LogP contribution in [0.4, 0.5) is 5.69 Å². The van der Waals surface area contributed by atoms with Crippen molar-refractivity contribution in [2.45, 2.75) is 40.2 Å². The summed E-state index contributed by atoms with van der Waals surface area (Å²) in [5.74, 6) is 2.01. The third kappa shape index (κ3) is 7.78. The van der Waals surface area contributed by atoms with Crippen LogP contribution in [0, 0.1) is 12.8 Å². The molecule has 0 heterocycles. The fourth-order valence-electron chi connectivity index (χ4n) is 3.17. The average molecular weight is 411 g/mol. The number of aliphatic imine (C=N–C) groups is 1. The molecule has 0 atom stereocenters. The lowest BCUT2D eigenvalue weighted by Crippen LogP contribution is -2.37. The van der Waals surface area contributed by atoms with Crippen LogP contribution in [0.1, 0.15) is 37.0 Å². The van der Waals surface area contributed by atoms with Crippen LogP contribution >= 0.6 is 0 Å². The van der Waals surface area contributed by atoms with E-state index in [9.17, 15) is 4.79 Å². The van der Waals surface area contributed by atoms with Gasteiger partial charge in [-0.15, -0.1) is 0 Å². The van der Waals surface area contributed by atoms with Gasteiger partial charge in [0.25, 0.3) is 0 Å². The molecule has 0 saturated heterocycles. The summed E-state index contributed by atoms with van der Waals surface area (Å²) >= 11 is 0. The molecule has 0 aromatic heterocycles. The molecule has 162 valence electrons. The monoisotopic (exact) mass is 410 g/mol. The Balaban J connectivity index is 1.85. The van der Waals surface area contributed by atoms with E-state index in [4.69, 9.17) is 4.74 Å². The average Bonchev–Trinajstić information content (AvgIpc) is 2.70. The van der Waals surface area contributed by atoms with Gasteiger partial charge in [-0.05, 0) is 48.6 Å². The van der Waals surface area contributed by atoms with E-state index < -0.39 is 0 Å². The summed E-state index contributed by atoms with van der Waals surface area (Å²) in [7, 11) is 3.45. The smallest absolute Gasteiger partial charge is 0.224 e. The number of benzene rings is 2. The van der Waals surface area contributed by atoms with Gasteiger partial charge in [0, 0.05) is 32.2 Å². The minimum Gasteiger partial charge on any atom is -0.496 e. The summed E-state index contributed by atoms with van der Waals surface area (Å²) in [6, 6.07) is 14.1. The van der Waals surface area contributed by atoms with Gasteiger partial charge >= 0.3 is 0 Å². The van der Waals surface area contributed by atoms with Gasteiger partial charge in [0.2, 0.25) is 5.91 Å². The van der Waals surface area contributed by atoms with E-state index in [-0.39, 0.29) is 5.91 Å². The highest BCUT2D eigenvalue weighted by molar-refractivity contribution is 5.90. The number of carbonyl (C=O) groups excluding carboxylic acids is 1. The van der Waals surface area contributed by atoms with Crippen LogP contribution in [0.2, 0.25) is 0 Å². The summed E-state index contributed by atoms with van der Waals surface area (Å²) in [5.41, 5.74) is 4.27. The van der Waals surface area contributed by atoms with E-state index >= 15 is 0 Å². The molecule has 0 aliphatic carbocycles. The molecular formula is C24H34N4O2. The molecule has 3 N–H and O–H groups in total. The molecule has 6 heteroatoms. The van der Waals surface area contributed by atoms with Crippen molar-refractivity contribution in [2.75, 3.05) is 26.0 Å². The van der Waals surface area contributed by atoms with Gasteiger partial charge in [-0.1, -0.05) is 43.7 Å². The first-order chi connectivity index (χ1) is 14.4. The molecule has 1 amide bonds. The first-order valence-electron chi connectivity index (χ1n) is 10.4. The SMILES string of the molecule is CN=C(NCCc1cc(C)ccc1OC)NCc1cccc(NC(=O)CC(C)C)c1. The van der Waals surface area contributed by atoms with Crippen LogP contribution in [-0.4, -0.2) is 32.6 Å². The highest BCUT2D eigenvalue weighted by Gasteiger charge is 2.07. The van der Waals surface area contributed by atoms with Crippen molar-refractivity contribution >= 4 is 17.6 Å². The standard InChI is InChI=1S/C24H34N4O2/c1-17(2)13-23(29)28-21-8-6-7-19(15-21)16-27-24(25-4)26-12-11-20-14-18(3)9-10-22(20)30-5/h6-10,14-15,17H,11-13,16H2,1-5H3,(H,28,29)(H2,25,26,27). The highest BCUT2D eigenvalue weighted by Crippen LogP contribution is 2.19. The van der Waals surface area contributed by atoms with Crippen LogP contribution in [0.3, 0.4) is 0 Å². The zero-order valence-electron chi connectivity index (χ0n) is 18.7. The molecule has 0 unspecified atom stereocenters. The van der Waals surface area contributed by atoms with Gasteiger partial charge in [0.15, 0.2) is 5.96 Å². The predicted molar refractivity (Wildman–Crippen MR) is 124 cm³/mol. The summed E-state index contributed by atoms with van der Waals surface area (Å²) in [5, 5.41) is 9.62. The van der Waals surface area contributed by atoms with Gasteiger partial charge in [-0.25, -0.2) is 0 Å². The third-order valence-electron chi connectivity index (χ3n) is 4.61. The van der Waals surface area contributed by atoms with Crippen molar-refractivity contribution in [3.63, 3.8) is 0 Å². The van der Waals surface area contributed by atoms with E-state index in [1.54, 1.807) is 14.2 Å². The Kier molecular flexibility index (Phi) is 9.19. The van der Waals surface area contributed by atoms with Crippen molar-refractivity contribution in [1.82, 2.24) is 10.6 Å². The molecule has 0 fully saturated rings. The normalized spacial score (nSPS) is 11.3. The van der Waals surface area contributed by atoms with Crippen molar-refractivity contribution in [1.29, 1.82) is 0 Å². The molecule has 0 saturated carbocycles. The summed E-state index contributed by atoms with van der Waals surface area (Å²) in [6.07, 6.45) is 1.35. The summed E-state index contributed by atoms with van der Waals surface area (Å²) < 4.78 is 5.45. The number of amides is 1. The first kappa shape index (κ1) is 23.3. The predicted octanol–water partition coefficient (Wildman–Crippen LogP) is 3.90. The molecule has 2 rings (SSSR count). The van der Waals surface area contributed by atoms with Crippen LogP contribution in [0.15, 0.2) is 47.5 Å². The minimum absolute atomic E-state index is 0.0409. The van der Waals surface area contributed by atoms with Crippen molar-refractivity contribution in [3.05, 3.63) is 59.2 Å². The minimum atomic E-state index is 0.0409. The van der Waals surface area contributed by atoms with Crippen molar-refractivity contribution in [2.24, 2.45) is 10.9 Å². The fraction of sp³-hybridized carbons (Fsp3) is 0.417. The lowest BCUT2D eigenvalue weighted by molar-refractivity contribution is -0.116. The van der Waals surface area contributed by atoms with Crippen LogP contribution in [0.5, 0.6) is 5.75 Å². The van der Waals surface area contributed by atoms with Gasteiger partial charge in [0.05, 0.1) is 7.11 Å². The van der Waals surface area contributed by atoms with E-state index in [2.05, 4.69) is 40.0 Å². The van der Waals surface area contributed by atoms with Crippen LogP contribution in [-0.2, 0) is 17.8 Å². The third-order valence-corrected chi connectivity index (χ3v) is 4.61. The van der Waals surface area contributed by atoms with Crippen molar-refractivity contribution < 1.29 is 9.53 Å². The van der Waals surface area contributed by atoms with Gasteiger partial charge < -0.3 is 20.7 Å². The number of nitrogens with zero attached hydrogens (tertiary/aromatic N) is 1. The molecule has 0 aliphatic heterocycles. The number of carbonyl (C=O) groups is 1. The lowest BCUT2D eigenvalue weighted by atomic mass is 10.1. The Bertz CT molecular complexity index is 862. The Morgan fingerprint density at radius 1 is 1.13 bits per heavy atom. The number of ether oxygens (including phenoxy) is 1. The summed E-state index contributed by atoms with van der Waals surface area (Å²) in [4.78, 5) is 16.3. The number of aryl methyl sites for hydroxylation is 1. The fourth-order valence-corrected chi connectivity index (χ4v) is 3.17. The van der Waals surface area contributed by atoms with Crippen molar-refractivity contribution in [3.8, 4) is 5.75 Å². The highest BCUT2D eigenvalue weighted by atomic mass is 16.5. The lowest BCUT2D eigenvalue weighted by Gasteiger charge is -2.14. The molecule has 0 bridgehead atoms. The topological polar surface area (TPSA) is 74.8 Å². The van der Waals surface area contributed by atoms with Gasteiger partial charge in [-0.2, -0.15) is 0 Å². The number of guanidine groups is 1. The van der Waals surface area contributed by atoms with Crippen LogP contribution < -0.4 is 20.7 Å². The largest absolute Gasteiger partial charge is 0.496 e. The zero-order valence-corrected chi connectivity index (χ0v) is 18.7. The zero-order chi connectivity index (χ0) is 21.9. The number of nitrogens with one attached hydrogen (secondary N) is 3. The molecule has 0 aliphatic rings. The van der Waals surface area contributed by atoms with Gasteiger partial charge in [0.1, 0.15) is 5.75 Å². The van der Waals surface area contributed by atoms with E-state index in [0.717, 1.165) is 35.9 Å². The number of hydrogen-bond donors (Lipinski definition) is 3. The molecule has 6 nitrogen and oxygen atoms in total. The molecule has 0 radical (unpaired) electrons. The second kappa shape index (κ2) is 11.9. The second-order valence-corrected chi connectivity index (χ2v) is 7.76. The molecule has 2 aromatic rings. The second-order valence-electron chi connectivity index (χ2n) is 7.76. The van der Waals surface area contributed by atoms with Crippen LogP contribution in [0.25, 0.3) is 0 Å². The number of methoxy groups -OCH3 is 1. The first-order valence-corrected chi connectivity index (χ1v) is 10.4. The Labute approximate surface area is 180 Å². The Hall–Kier alpha value is -3.02. The Morgan fingerprint density at radius 2 is 1.93 bits per heavy atom. The van der Waals surface area contributed by atoms with Gasteiger partial charge in [-0.3, -0.25) is 9.79 Å². The number of rotatable bonds is 9. The molecular weight excluding hydrogens is 376 g/mol. The Morgan fingerprint density at radius 3 is 2.63 bits per heavy atom.